The third kappa shape index (κ3) is 2.76. The maximum atomic E-state index is 10.9. The molecule has 1 aromatic rings. The van der Waals surface area contributed by atoms with Crippen LogP contribution in [-0.2, 0) is 5.60 Å². The first-order valence-corrected chi connectivity index (χ1v) is 7.02. The number of nitrogens with zero attached hydrogens (tertiary/aromatic N) is 1. The van der Waals surface area contributed by atoms with E-state index in [0.717, 1.165) is 31.6 Å². The molecule has 2 atom stereocenters. The SMILES string of the molecule is CC(C)CN1CCC(O)(c2ccccc2)C(C)C1. The smallest absolute Gasteiger partial charge is 0.0946 e. The van der Waals surface area contributed by atoms with Gasteiger partial charge in [0.2, 0.25) is 0 Å². The number of rotatable bonds is 3. The van der Waals surface area contributed by atoms with Crippen LogP contribution in [0, 0.1) is 11.8 Å². The first-order valence-electron chi connectivity index (χ1n) is 7.02. The van der Waals surface area contributed by atoms with Crippen molar-refractivity contribution in [1.82, 2.24) is 4.90 Å². The maximum Gasteiger partial charge on any atom is 0.0946 e. The van der Waals surface area contributed by atoms with E-state index >= 15 is 0 Å². The Labute approximate surface area is 111 Å². The molecule has 0 amide bonds. The van der Waals surface area contributed by atoms with Gasteiger partial charge in [0.15, 0.2) is 0 Å². The topological polar surface area (TPSA) is 23.5 Å². The van der Waals surface area contributed by atoms with Crippen molar-refractivity contribution in [2.75, 3.05) is 19.6 Å². The average molecular weight is 247 g/mol. The summed E-state index contributed by atoms with van der Waals surface area (Å²) in [5, 5.41) is 10.9. The molecule has 1 aliphatic heterocycles. The minimum Gasteiger partial charge on any atom is -0.385 e. The van der Waals surface area contributed by atoms with Gasteiger partial charge in [-0.2, -0.15) is 0 Å². The van der Waals surface area contributed by atoms with E-state index in [2.05, 4.69) is 37.8 Å². The van der Waals surface area contributed by atoms with E-state index < -0.39 is 5.60 Å². The van der Waals surface area contributed by atoms with E-state index in [9.17, 15) is 5.11 Å². The fourth-order valence-corrected chi connectivity index (χ4v) is 3.04. The Bertz CT molecular complexity index is 376. The lowest BCUT2D eigenvalue weighted by molar-refractivity contribution is -0.0727. The lowest BCUT2D eigenvalue weighted by Gasteiger charge is -2.44. The van der Waals surface area contributed by atoms with Crippen LogP contribution in [0.25, 0.3) is 0 Å². The summed E-state index contributed by atoms with van der Waals surface area (Å²) in [5.41, 5.74) is 0.427. The van der Waals surface area contributed by atoms with Gasteiger partial charge in [-0.05, 0) is 17.9 Å². The van der Waals surface area contributed by atoms with Gasteiger partial charge in [0.25, 0.3) is 0 Å². The first-order chi connectivity index (χ1) is 8.52. The molecular weight excluding hydrogens is 222 g/mol. The number of piperidine rings is 1. The largest absolute Gasteiger partial charge is 0.385 e. The van der Waals surface area contributed by atoms with Gasteiger partial charge in [0.05, 0.1) is 5.60 Å². The predicted molar refractivity (Wildman–Crippen MR) is 75.4 cm³/mol. The number of hydrogen-bond acceptors (Lipinski definition) is 2. The summed E-state index contributed by atoms with van der Waals surface area (Å²) in [6.07, 6.45) is 0.838. The highest BCUT2D eigenvalue weighted by Gasteiger charge is 2.39. The number of aliphatic hydroxyl groups is 1. The molecule has 2 heteroatoms. The van der Waals surface area contributed by atoms with E-state index in [1.165, 1.54) is 0 Å². The molecule has 1 N–H and O–H groups in total. The van der Waals surface area contributed by atoms with Gasteiger partial charge >= 0.3 is 0 Å². The molecule has 1 saturated heterocycles. The van der Waals surface area contributed by atoms with Crippen LogP contribution in [0.15, 0.2) is 30.3 Å². The molecule has 1 fully saturated rings. The summed E-state index contributed by atoms with van der Waals surface area (Å²) in [5.74, 6) is 0.979. The average Bonchev–Trinajstić information content (AvgIpc) is 2.34. The lowest BCUT2D eigenvalue weighted by Crippen LogP contribution is -2.49. The quantitative estimate of drug-likeness (QED) is 0.888. The summed E-state index contributed by atoms with van der Waals surface area (Å²) in [4.78, 5) is 2.48. The molecule has 0 bridgehead atoms. The van der Waals surface area contributed by atoms with Crippen molar-refractivity contribution in [3.8, 4) is 0 Å². The first kappa shape index (κ1) is 13.6. The Kier molecular flexibility index (Phi) is 4.08. The molecule has 0 aromatic heterocycles. The summed E-state index contributed by atoms with van der Waals surface area (Å²) < 4.78 is 0. The molecule has 0 saturated carbocycles. The van der Waals surface area contributed by atoms with Gasteiger partial charge in [-0.25, -0.2) is 0 Å². The Morgan fingerprint density at radius 3 is 2.56 bits per heavy atom. The molecule has 100 valence electrons. The van der Waals surface area contributed by atoms with Gasteiger partial charge in [0.1, 0.15) is 0 Å². The molecule has 18 heavy (non-hydrogen) atoms. The van der Waals surface area contributed by atoms with Gasteiger partial charge in [-0.3, -0.25) is 0 Å². The van der Waals surface area contributed by atoms with Crippen LogP contribution in [-0.4, -0.2) is 29.6 Å². The van der Waals surface area contributed by atoms with Crippen molar-refractivity contribution in [3.05, 3.63) is 35.9 Å². The fourth-order valence-electron chi connectivity index (χ4n) is 3.04. The summed E-state index contributed by atoms with van der Waals surface area (Å²) in [6.45, 7) is 9.79. The normalized spacial score (nSPS) is 29.7. The Hall–Kier alpha value is -0.860. The van der Waals surface area contributed by atoms with E-state index in [4.69, 9.17) is 0 Å². The lowest BCUT2D eigenvalue weighted by atomic mass is 9.77. The van der Waals surface area contributed by atoms with Crippen molar-refractivity contribution < 1.29 is 5.11 Å². The summed E-state index contributed by atoms with van der Waals surface area (Å²) in [6, 6.07) is 10.1. The molecule has 2 rings (SSSR count). The third-order valence-corrected chi connectivity index (χ3v) is 4.05. The molecule has 1 aromatic carbocycles. The minimum atomic E-state index is -0.644. The van der Waals surface area contributed by atoms with Crippen LogP contribution < -0.4 is 0 Å². The molecule has 2 unspecified atom stereocenters. The van der Waals surface area contributed by atoms with E-state index in [1.807, 2.05) is 18.2 Å². The van der Waals surface area contributed by atoms with Gasteiger partial charge in [0, 0.05) is 25.6 Å². The van der Waals surface area contributed by atoms with E-state index in [-0.39, 0.29) is 5.92 Å². The standard InChI is InChI=1S/C16H25NO/c1-13(2)11-17-10-9-16(18,14(3)12-17)15-7-5-4-6-8-15/h4-8,13-14,18H,9-12H2,1-3H3. The molecule has 0 spiro atoms. The second-order valence-corrected chi connectivity index (χ2v) is 6.09. The highest BCUT2D eigenvalue weighted by atomic mass is 16.3. The van der Waals surface area contributed by atoms with Gasteiger partial charge in [-0.1, -0.05) is 51.1 Å². The van der Waals surface area contributed by atoms with Crippen molar-refractivity contribution in [1.29, 1.82) is 0 Å². The Morgan fingerprint density at radius 1 is 1.33 bits per heavy atom. The molecule has 0 aliphatic carbocycles. The molecular formula is C16H25NO. The predicted octanol–water partition coefficient (Wildman–Crippen LogP) is 2.87. The maximum absolute atomic E-state index is 10.9. The summed E-state index contributed by atoms with van der Waals surface area (Å²) in [7, 11) is 0. The highest BCUT2D eigenvalue weighted by Crippen LogP contribution is 2.37. The van der Waals surface area contributed by atoms with Crippen molar-refractivity contribution in [3.63, 3.8) is 0 Å². The monoisotopic (exact) mass is 247 g/mol. The Balaban J connectivity index is 2.09. The van der Waals surface area contributed by atoms with Crippen LogP contribution >= 0.6 is 0 Å². The zero-order chi connectivity index (χ0) is 13.2. The minimum absolute atomic E-state index is 0.285. The fraction of sp³-hybridized carbons (Fsp3) is 0.625. The molecule has 2 nitrogen and oxygen atoms in total. The van der Waals surface area contributed by atoms with Crippen LogP contribution in [0.5, 0.6) is 0 Å². The second-order valence-electron chi connectivity index (χ2n) is 6.09. The number of benzene rings is 1. The van der Waals surface area contributed by atoms with Gasteiger partial charge in [-0.15, -0.1) is 0 Å². The number of likely N-dealkylation sites (tertiary alicyclic amines) is 1. The van der Waals surface area contributed by atoms with Crippen molar-refractivity contribution >= 4 is 0 Å². The zero-order valence-electron chi connectivity index (χ0n) is 11.8. The Morgan fingerprint density at radius 2 is 2.00 bits per heavy atom. The highest BCUT2D eigenvalue weighted by molar-refractivity contribution is 5.24. The van der Waals surface area contributed by atoms with E-state index in [1.54, 1.807) is 0 Å². The van der Waals surface area contributed by atoms with Crippen LogP contribution in [0.2, 0.25) is 0 Å². The van der Waals surface area contributed by atoms with Crippen LogP contribution in [0.4, 0.5) is 0 Å². The van der Waals surface area contributed by atoms with Crippen molar-refractivity contribution in [2.24, 2.45) is 11.8 Å². The van der Waals surface area contributed by atoms with Crippen LogP contribution in [0.3, 0.4) is 0 Å². The van der Waals surface area contributed by atoms with Crippen molar-refractivity contribution in [2.45, 2.75) is 32.8 Å². The molecule has 1 heterocycles. The molecule has 1 aliphatic rings. The summed E-state index contributed by atoms with van der Waals surface area (Å²) >= 11 is 0. The van der Waals surface area contributed by atoms with Crippen LogP contribution in [0.1, 0.15) is 32.8 Å². The number of hydrogen-bond donors (Lipinski definition) is 1. The second kappa shape index (κ2) is 5.41. The van der Waals surface area contributed by atoms with Gasteiger partial charge < -0.3 is 10.0 Å². The molecule has 0 radical (unpaired) electrons. The third-order valence-electron chi connectivity index (χ3n) is 4.05. The van der Waals surface area contributed by atoms with E-state index in [0.29, 0.717) is 5.92 Å². The zero-order valence-corrected chi connectivity index (χ0v) is 11.8.